The zero-order chi connectivity index (χ0) is 22.7. The molecule has 1 aliphatic heterocycles. The molecule has 0 spiro atoms. The van der Waals surface area contributed by atoms with Gasteiger partial charge in [0.1, 0.15) is 11.6 Å². The molecule has 0 radical (unpaired) electrons. The Labute approximate surface area is 189 Å². The maximum absolute atomic E-state index is 12.8. The number of ether oxygens (including phenoxy) is 1. The number of rotatable bonds is 6. The van der Waals surface area contributed by atoms with Gasteiger partial charge in [0.05, 0.1) is 18.5 Å². The SMILES string of the molecule is COc1ccc(NC(=O)c2ccc(CN3CCN(C)CC3)cc2)cc1-n1cc(C)nc1C. The molecule has 0 bridgehead atoms. The molecule has 1 N–H and O–H groups in total. The topological polar surface area (TPSA) is 62.6 Å². The van der Waals surface area contributed by atoms with Gasteiger partial charge in [-0.05, 0) is 56.8 Å². The summed E-state index contributed by atoms with van der Waals surface area (Å²) >= 11 is 0. The maximum atomic E-state index is 12.8. The Hall–Kier alpha value is -3.16. The van der Waals surface area contributed by atoms with Crippen LogP contribution < -0.4 is 10.1 Å². The van der Waals surface area contributed by atoms with Crippen molar-refractivity contribution in [3.63, 3.8) is 0 Å². The lowest BCUT2D eigenvalue weighted by Crippen LogP contribution is -2.43. The van der Waals surface area contributed by atoms with Crippen LogP contribution in [0.4, 0.5) is 5.69 Å². The minimum atomic E-state index is -0.134. The summed E-state index contributed by atoms with van der Waals surface area (Å²) in [6.07, 6.45) is 1.96. The Morgan fingerprint density at radius 3 is 2.41 bits per heavy atom. The number of carbonyl (C=O) groups excluding carboxylic acids is 1. The minimum Gasteiger partial charge on any atom is -0.495 e. The fraction of sp³-hybridized carbons (Fsp3) is 0.360. The highest BCUT2D eigenvalue weighted by atomic mass is 16.5. The van der Waals surface area contributed by atoms with E-state index in [4.69, 9.17) is 4.74 Å². The standard InChI is InChI=1S/C25H31N5O2/c1-18-16-30(19(2)26-18)23-15-22(9-10-24(23)32-4)27-25(31)21-7-5-20(6-8-21)17-29-13-11-28(3)12-14-29/h5-10,15-16H,11-14,17H2,1-4H3,(H,27,31). The van der Waals surface area contributed by atoms with Crippen LogP contribution in [0.25, 0.3) is 5.69 Å². The molecular formula is C25H31N5O2. The fourth-order valence-electron chi connectivity index (χ4n) is 4.05. The molecule has 1 amide bonds. The van der Waals surface area contributed by atoms with Crippen LogP contribution in [0.2, 0.25) is 0 Å². The molecule has 0 saturated carbocycles. The van der Waals surface area contributed by atoms with Gasteiger partial charge in [-0.25, -0.2) is 4.98 Å². The maximum Gasteiger partial charge on any atom is 0.255 e. The summed E-state index contributed by atoms with van der Waals surface area (Å²) in [6.45, 7) is 9.17. The largest absolute Gasteiger partial charge is 0.495 e. The lowest BCUT2D eigenvalue weighted by atomic mass is 10.1. The van der Waals surface area contributed by atoms with Crippen LogP contribution in [0.3, 0.4) is 0 Å². The highest BCUT2D eigenvalue weighted by Gasteiger charge is 2.15. The number of aromatic nitrogens is 2. The number of carbonyl (C=O) groups is 1. The Kier molecular flexibility index (Phi) is 6.58. The molecule has 2 aromatic carbocycles. The molecule has 2 heterocycles. The number of nitrogens with one attached hydrogen (secondary N) is 1. The smallest absolute Gasteiger partial charge is 0.255 e. The third kappa shape index (κ3) is 5.00. The third-order valence-corrected chi connectivity index (χ3v) is 5.92. The van der Waals surface area contributed by atoms with Crippen molar-refractivity contribution in [3.05, 3.63) is 71.3 Å². The van der Waals surface area contributed by atoms with Gasteiger partial charge in [0.2, 0.25) is 0 Å². The summed E-state index contributed by atoms with van der Waals surface area (Å²) < 4.78 is 7.49. The van der Waals surface area contributed by atoms with Crippen LogP contribution in [0.1, 0.15) is 27.4 Å². The highest BCUT2D eigenvalue weighted by molar-refractivity contribution is 6.04. The molecule has 1 fully saturated rings. The average molecular weight is 434 g/mol. The first kappa shape index (κ1) is 22.0. The molecule has 7 nitrogen and oxygen atoms in total. The van der Waals surface area contributed by atoms with Crippen LogP contribution in [-0.2, 0) is 6.54 Å². The van der Waals surface area contributed by atoms with Crippen LogP contribution in [0.5, 0.6) is 5.75 Å². The highest BCUT2D eigenvalue weighted by Crippen LogP contribution is 2.28. The molecule has 1 aromatic heterocycles. The predicted octanol–water partition coefficient (Wildman–Crippen LogP) is 3.50. The summed E-state index contributed by atoms with van der Waals surface area (Å²) in [5.74, 6) is 1.45. The van der Waals surface area contributed by atoms with Crippen molar-refractivity contribution >= 4 is 11.6 Å². The van der Waals surface area contributed by atoms with Crippen molar-refractivity contribution in [1.29, 1.82) is 0 Å². The fourth-order valence-corrected chi connectivity index (χ4v) is 4.05. The van der Waals surface area contributed by atoms with Gasteiger partial charge in [0.25, 0.3) is 5.91 Å². The number of amides is 1. The zero-order valence-electron chi connectivity index (χ0n) is 19.3. The van der Waals surface area contributed by atoms with E-state index in [9.17, 15) is 4.79 Å². The van der Waals surface area contributed by atoms with Crippen LogP contribution >= 0.6 is 0 Å². The van der Waals surface area contributed by atoms with Crippen molar-refractivity contribution < 1.29 is 9.53 Å². The van der Waals surface area contributed by atoms with Crippen molar-refractivity contribution in [2.24, 2.45) is 0 Å². The van der Waals surface area contributed by atoms with Gasteiger partial charge < -0.3 is 19.5 Å². The number of nitrogens with zero attached hydrogens (tertiary/aromatic N) is 4. The van der Waals surface area contributed by atoms with E-state index in [0.29, 0.717) is 11.3 Å². The second-order valence-electron chi connectivity index (χ2n) is 8.42. The van der Waals surface area contributed by atoms with Gasteiger partial charge in [-0.1, -0.05) is 12.1 Å². The minimum absolute atomic E-state index is 0.134. The van der Waals surface area contributed by atoms with Crippen LogP contribution in [-0.4, -0.2) is 65.6 Å². The lowest BCUT2D eigenvalue weighted by molar-refractivity contribution is 0.102. The van der Waals surface area contributed by atoms with Crippen LogP contribution in [0, 0.1) is 13.8 Å². The van der Waals surface area contributed by atoms with E-state index in [1.165, 1.54) is 5.56 Å². The van der Waals surface area contributed by atoms with Gasteiger partial charge in [0, 0.05) is 50.2 Å². The molecule has 0 atom stereocenters. The molecule has 1 aliphatic rings. The number of likely N-dealkylation sites (N-methyl/N-ethyl adjacent to an activating group) is 1. The quantitative estimate of drug-likeness (QED) is 0.645. The number of benzene rings is 2. The molecule has 4 rings (SSSR count). The summed E-state index contributed by atoms with van der Waals surface area (Å²) in [5, 5.41) is 3.01. The molecule has 1 saturated heterocycles. The second-order valence-corrected chi connectivity index (χ2v) is 8.42. The first-order valence-electron chi connectivity index (χ1n) is 10.9. The number of anilines is 1. The van der Waals surface area contributed by atoms with Gasteiger partial charge >= 0.3 is 0 Å². The Morgan fingerprint density at radius 2 is 1.78 bits per heavy atom. The van der Waals surface area contributed by atoms with Gasteiger partial charge in [-0.15, -0.1) is 0 Å². The molecular weight excluding hydrogens is 402 g/mol. The Morgan fingerprint density at radius 1 is 1.06 bits per heavy atom. The van der Waals surface area contributed by atoms with E-state index < -0.39 is 0 Å². The number of hydrogen-bond donors (Lipinski definition) is 1. The number of piperazine rings is 1. The van der Waals surface area contributed by atoms with Crippen molar-refractivity contribution in [2.75, 3.05) is 45.7 Å². The summed E-state index contributed by atoms with van der Waals surface area (Å²) in [5.41, 5.74) is 4.34. The number of methoxy groups -OCH3 is 1. The number of imidazole rings is 1. The molecule has 32 heavy (non-hydrogen) atoms. The molecule has 7 heteroatoms. The first-order chi connectivity index (χ1) is 15.4. The van der Waals surface area contributed by atoms with Crippen molar-refractivity contribution in [2.45, 2.75) is 20.4 Å². The summed E-state index contributed by atoms with van der Waals surface area (Å²) in [4.78, 5) is 22.1. The van der Waals surface area contributed by atoms with Crippen molar-refractivity contribution in [3.8, 4) is 11.4 Å². The normalized spacial score (nSPS) is 15.0. The van der Waals surface area contributed by atoms with Gasteiger partial charge in [-0.2, -0.15) is 0 Å². The number of hydrogen-bond acceptors (Lipinski definition) is 5. The lowest BCUT2D eigenvalue weighted by Gasteiger charge is -2.32. The Bertz CT molecular complexity index is 1080. The predicted molar refractivity (Wildman–Crippen MR) is 127 cm³/mol. The van der Waals surface area contributed by atoms with E-state index in [0.717, 1.165) is 55.7 Å². The van der Waals surface area contributed by atoms with Crippen molar-refractivity contribution in [1.82, 2.24) is 19.4 Å². The average Bonchev–Trinajstić information content (AvgIpc) is 3.13. The summed E-state index contributed by atoms with van der Waals surface area (Å²) in [7, 11) is 3.80. The Balaban J connectivity index is 1.45. The number of aryl methyl sites for hydroxylation is 2. The van der Waals surface area contributed by atoms with E-state index >= 15 is 0 Å². The third-order valence-electron chi connectivity index (χ3n) is 5.92. The second kappa shape index (κ2) is 9.54. The monoisotopic (exact) mass is 433 g/mol. The molecule has 0 unspecified atom stereocenters. The molecule has 168 valence electrons. The van der Waals surface area contributed by atoms with E-state index in [-0.39, 0.29) is 5.91 Å². The summed E-state index contributed by atoms with van der Waals surface area (Å²) in [6, 6.07) is 13.5. The molecule has 3 aromatic rings. The van der Waals surface area contributed by atoms with E-state index in [1.54, 1.807) is 7.11 Å². The molecule has 0 aliphatic carbocycles. The van der Waals surface area contributed by atoms with Crippen LogP contribution in [0.15, 0.2) is 48.7 Å². The zero-order valence-corrected chi connectivity index (χ0v) is 19.3. The first-order valence-corrected chi connectivity index (χ1v) is 10.9. The van der Waals surface area contributed by atoms with Gasteiger partial charge in [0.15, 0.2) is 0 Å². The van der Waals surface area contributed by atoms with E-state index in [1.807, 2.05) is 67.1 Å². The van der Waals surface area contributed by atoms with Gasteiger partial charge in [-0.3, -0.25) is 9.69 Å². The van der Waals surface area contributed by atoms with E-state index in [2.05, 4.69) is 27.1 Å².